The summed E-state index contributed by atoms with van der Waals surface area (Å²) >= 11 is 0. The number of carbonyl (C=O) groups is 2. The molecule has 3 N–H and O–H groups in total. The monoisotopic (exact) mass is 277 g/mol. The maximum Gasteiger partial charge on any atom is 0.242 e. The molecule has 2 amide bonds. The van der Waals surface area contributed by atoms with Crippen molar-refractivity contribution in [3.8, 4) is 0 Å². The first-order valence-corrected chi connectivity index (χ1v) is 6.97. The van der Waals surface area contributed by atoms with Crippen LogP contribution < -0.4 is 10.6 Å². The molecule has 1 aromatic rings. The van der Waals surface area contributed by atoms with Crippen molar-refractivity contribution < 1.29 is 9.59 Å². The predicted molar refractivity (Wildman–Crippen MR) is 71.7 cm³/mol. The molecule has 2 unspecified atom stereocenters. The standard InChI is InChI=1S/C13H19N5O2/c1-14-12(19)11-3-2-4-18(11)13(20)9-5-8-10(6-15-9)17-7-16-8/h7,9,11,15H,2-6H2,1H3,(H,14,19)(H,16,17). The topological polar surface area (TPSA) is 90.1 Å². The number of hydrogen-bond donors (Lipinski definition) is 3. The fourth-order valence-electron chi connectivity index (χ4n) is 3.01. The second-order valence-corrected chi connectivity index (χ2v) is 5.27. The Kier molecular flexibility index (Phi) is 3.43. The SMILES string of the molecule is CNC(=O)C1CCCN1C(=O)C1Cc2nc[nH]c2CN1. The fraction of sp³-hybridized carbons (Fsp3) is 0.615. The van der Waals surface area contributed by atoms with Gasteiger partial charge in [0.15, 0.2) is 0 Å². The second kappa shape index (κ2) is 5.24. The minimum absolute atomic E-state index is 0.00440. The van der Waals surface area contributed by atoms with E-state index in [2.05, 4.69) is 20.6 Å². The van der Waals surface area contributed by atoms with Crippen LogP contribution in [0.15, 0.2) is 6.33 Å². The number of aromatic amines is 1. The van der Waals surface area contributed by atoms with Crippen LogP contribution in [0.2, 0.25) is 0 Å². The predicted octanol–water partition coefficient (Wildman–Crippen LogP) is -0.839. The van der Waals surface area contributed by atoms with Gasteiger partial charge >= 0.3 is 0 Å². The summed E-state index contributed by atoms with van der Waals surface area (Å²) in [4.78, 5) is 33.4. The minimum atomic E-state index is -0.324. The number of aromatic nitrogens is 2. The van der Waals surface area contributed by atoms with Crippen molar-refractivity contribution in [2.45, 2.75) is 37.9 Å². The van der Waals surface area contributed by atoms with E-state index in [0.29, 0.717) is 19.5 Å². The van der Waals surface area contributed by atoms with Gasteiger partial charge in [-0.3, -0.25) is 14.9 Å². The Hall–Kier alpha value is -1.89. The number of H-pyrrole nitrogens is 1. The van der Waals surface area contributed by atoms with Crippen LogP contribution in [0.3, 0.4) is 0 Å². The van der Waals surface area contributed by atoms with Crippen molar-refractivity contribution in [1.82, 2.24) is 25.5 Å². The number of imidazole rings is 1. The van der Waals surface area contributed by atoms with Gasteiger partial charge in [-0.15, -0.1) is 0 Å². The Morgan fingerprint density at radius 3 is 3.15 bits per heavy atom. The Morgan fingerprint density at radius 1 is 1.50 bits per heavy atom. The third kappa shape index (κ3) is 2.18. The maximum absolute atomic E-state index is 12.6. The normalized spacial score (nSPS) is 25.4. The number of nitrogens with one attached hydrogen (secondary N) is 3. The number of carbonyl (C=O) groups excluding carboxylic acids is 2. The van der Waals surface area contributed by atoms with Crippen LogP contribution in [0.5, 0.6) is 0 Å². The first-order valence-electron chi connectivity index (χ1n) is 6.97. The molecule has 0 spiro atoms. The highest BCUT2D eigenvalue weighted by Gasteiger charge is 2.37. The molecule has 2 atom stereocenters. The molecule has 1 aromatic heterocycles. The molecular weight excluding hydrogens is 258 g/mol. The molecule has 7 nitrogen and oxygen atoms in total. The zero-order valence-corrected chi connectivity index (χ0v) is 11.5. The Balaban J connectivity index is 1.71. The Labute approximate surface area is 117 Å². The number of amides is 2. The van der Waals surface area contributed by atoms with Crippen LogP contribution in [0, 0.1) is 0 Å². The van der Waals surface area contributed by atoms with Crippen LogP contribution in [0.25, 0.3) is 0 Å². The maximum atomic E-state index is 12.6. The lowest BCUT2D eigenvalue weighted by Gasteiger charge is -2.30. The van der Waals surface area contributed by atoms with Gasteiger partial charge < -0.3 is 15.2 Å². The molecule has 0 aliphatic carbocycles. The number of likely N-dealkylation sites (tertiary alicyclic amines) is 1. The molecule has 0 saturated carbocycles. The van der Waals surface area contributed by atoms with Crippen molar-refractivity contribution in [2.75, 3.05) is 13.6 Å². The van der Waals surface area contributed by atoms with Crippen LogP contribution >= 0.6 is 0 Å². The van der Waals surface area contributed by atoms with Crippen molar-refractivity contribution in [1.29, 1.82) is 0 Å². The van der Waals surface area contributed by atoms with Crippen molar-refractivity contribution in [3.63, 3.8) is 0 Å². The zero-order valence-electron chi connectivity index (χ0n) is 11.5. The zero-order chi connectivity index (χ0) is 14.1. The molecule has 108 valence electrons. The summed E-state index contributed by atoms with van der Waals surface area (Å²) in [6, 6.07) is -0.606. The van der Waals surface area contributed by atoms with E-state index in [1.54, 1.807) is 18.3 Å². The summed E-state index contributed by atoms with van der Waals surface area (Å²) in [5.41, 5.74) is 1.98. The van der Waals surface area contributed by atoms with E-state index in [0.717, 1.165) is 24.2 Å². The molecule has 1 saturated heterocycles. The quantitative estimate of drug-likeness (QED) is 0.657. The van der Waals surface area contributed by atoms with E-state index in [-0.39, 0.29) is 23.9 Å². The molecule has 3 heterocycles. The van der Waals surface area contributed by atoms with Gasteiger partial charge in [0.1, 0.15) is 6.04 Å². The average Bonchev–Trinajstić information content (AvgIpc) is 3.13. The van der Waals surface area contributed by atoms with Gasteiger partial charge in [0.05, 0.1) is 23.8 Å². The van der Waals surface area contributed by atoms with E-state index in [4.69, 9.17) is 0 Å². The van der Waals surface area contributed by atoms with E-state index < -0.39 is 0 Å². The highest BCUT2D eigenvalue weighted by Crippen LogP contribution is 2.21. The van der Waals surface area contributed by atoms with Gasteiger partial charge in [0.25, 0.3) is 0 Å². The van der Waals surface area contributed by atoms with E-state index >= 15 is 0 Å². The third-order valence-corrected chi connectivity index (χ3v) is 4.11. The Morgan fingerprint density at radius 2 is 2.35 bits per heavy atom. The van der Waals surface area contributed by atoms with Crippen molar-refractivity contribution in [2.24, 2.45) is 0 Å². The molecule has 3 rings (SSSR count). The van der Waals surface area contributed by atoms with Crippen LogP contribution in [-0.2, 0) is 22.6 Å². The van der Waals surface area contributed by atoms with Gasteiger partial charge in [-0.2, -0.15) is 0 Å². The van der Waals surface area contributed by atoms with Crippen LogP contribution in [-0.4, -0.2) is 52.4 Å². The van der Waals surface area contributed by atoms with Crippen LogP contribution in [0.4, 0.5) is 0 Å². The Bertz CT molecular complexity index is 527. The number of fused-ring (bicyclic) bond motifs is 1. The molecular formula is C13H19N5O2. The summed E-state index contributed by atoms with van der Waals surface area (Å²) in [6.07, 6.45) is 3.85. The number of nitrogens with zero attached hydrogens (tertiary/aromatic N) is 2. The molecule has 0 aromatic carbocycles. The second-order valence-electron chi connectivity index (χ2n) is 5.27. The van der Waals surface area contributed by atoms with Gasteiger partial charge in [0.2, 0.25) is 11.8 Å². The molecule has 0 radical (unpaired) electrons. The summed E-state index contributed by atoms with van der Waals surface area (Å²) in [5.74, 6) is -0.0723. The highest BCUT2D eigenvalue weighted by atomic mass is 16.2. The van der Waals surface area contributed by atoms with E-state index in [1.165, 1.54) is 0 Å². The van der Waals surface area contributed by atoms with Gasteiger partial charge in [-0.1, -0.05) is 0 Å². The molecule has 7 heteroatoms. The molecule has 2 aliphatic rings. The minimum Gasteiger partial charge on any atom is -0.357 e. The van der Waals surface area contributed by atoms with Crippen molar-refractivity contribution >= 4 is 11.8 Å². The lowest BCUT2D eigenvalue weighted by molar-refractivity contribution is -0.140. The van der Waals surface area contributed by atoms with Gasteiger partial charge in [0, 0.05) is 26.6 Å². The summed E-state index contributed by atoms with van der Waals surface area (Å²) in [6.45, 7) is 1.27. The molecule has 20 heavy (non-hydrogen) atoms. The molecule has 1 fully saturated rings. The summed E-state index contributed by atoms with van der Waals surface area (Å²) < 4.78 is 0. The largest absolute Gasteiger partial charge is 0.357 e. The van der Waals surface area contributed by atoms with Crippen molar-refractivity contribution in [3.05, 3.63) is 17.7 Å². The third-order valence-electron chi connectivity index (χ3n) is 4.11. The first-order chi connectivity index (χ1) is 9.70. The summed E-state index contributed by atoms with van der Waals surface area (Å²) in [5, 5.41) is 5.86. The van der Waals surface area contributed by atoms with E-state index in [1.807, 2.05) is 0 Å². The van der Waals surface area contributed by atoms with Gasteiger partial charge in [-0.25, -0.2) is 4.98 Å². The van der Waals surface area contributed by atoms with Gasteiger partial charge in [-0.05, 0) is 12.8 Å². The number of likely N-dealkylation sites (N-methyl/N-ethyl adjacent to an activating group) is 1. The lowest BCUT2D eigenvalue weighted by atomic mass is 10.0. The summed E-state index contributed by atoms with van der Waals surface area (Å²) in [7, 11) is 1.61. The highest BCUT2D eigenvalue weighted by molar-refractivity contribution is 5.90. The van der Waals surface area contributed by atoms with Crippen LogP contribution in [0.1, 0.15) is 24.2 Å². The lowest BCUT2D eigenvalue weighted by Crippen LogP contribution is -2.53. The smallest absolute Gasteiger partial charge is 0.242 e. The van der Waals surface area contributed by atoms with E-state index in [9.17, 15) is 9.59 Å². The first kappa shape index (κ1) is 13.1. The average molecular weight is 277 g/mol. The fourth-order valence-corrected chi connectivity index (χ4v) is 3.01. The number of rotatable bonds is 2. The number of hydrogen-bond acceptors (Lipinski definition) is 4. The molecule has 0 bridgehead atoms. The molecule has 2 aliphatic heterocycles.